The van der Waals surface area contributed by atoms with E-state index >= 15 is 0 Å². The van der Waals surface area contributed by atoms with Gasteiger partial charge in [0.1, 0.15) is 0 Å². The Kier molecular flexibility index (Phi) is 14.4. The molecule has 0 saturated carbocycles. The van der Waals surface area contributed by atoms with Gasteiger partial charge in [0.05, 0.1) is 13.2 Å². The van der Waals surface area contributed by atoms with Crippen LogP contribution in [-0.2, 0) is 29.5 Å². The number of hydrogen-bond acceptors (Lipinski definition) is 4. The van der Waals surface area contributed by atoms with Crippen molar-refractivity contribution in [1.29, 1.82) is 0 Å². The summed E-state index contributed by atoms with van der Waals surface area (Å²) < 4.78 is 14.4. The molecule has 0 heterocycles. The molecule has 0 saturated heterocycles. The van der Waals surface area contributed by atoms with Crippen molar-refractivity contribution in [2.24, 2.45) is 15.9 Å². The molecule has 0 spiro atoms. The van der Waals surface area contributed by atoms with Gasteiger partial charge < -0.3 is 15.2 Å². The van der Waals surface area contributed by atoms with Gasteiger partial charge in [0.15, 0.2) is 0 Å². The molecule has 4 N–H and O–H groups in total. The van der Waals surface area contributed by atoms with Crippen LogP contribution in [0.2, 0.25) is 0 Å². The van der Waals surface area contributed by atoms with Crippen molar-refractivity contribution in [3.05, 3.63) is 0 Å². The van der Waals surface area contributed by atoms with E-state index in [2.05, 4.69) is 4.29 Å². The molecule has 0 aliphatic rings. The Bertz CT molecular complexity index is 77.8. The van der Waals surface area contributed by atoms with Gasteiger partial charge in [0.25, 0.3) is 0 Å². The summed E-state index contributed by atoms with van der Waals surface area (Å²) in [6.45, 7) is 3.31. The van der Waals surface area contributed by atoms with Gasteiger partial charge in [0, 0.05) is 26.2 Å². The second-order valence-corrected chi connectivity index (χ2v) is 2.53. The molecule has 0 radical (unpaired) electrons. The number of hydrogen-bond donors (Lipinski definition) is 2. The molecule has 0 aromatic rings. The number of methoxy groups -OCH3 is 2. The molecule has 0 rings (SSSR count). The van der Waals surface area contributed by atoms with Gasteiger partial charge in [-0.05, 0) is 6.92 Å². The van der Waals surface area contributed by atoms with E-state index in [4.69, 9.17) is 15.2 Å². The molecule has 79 valence electrons. The first-order valence-electron chi connectivity index (χ1n) is 3.64. The van der Waals surface area contributed by atoms with Crippen LogP contribution >= 0.6 is 0 Å². The first kappa shape index (κ1) is 15.0. The average molecular weight is 358 g/mol. The Morgan fingerprint density at radius 2 is 1.50 bits per heavy atom. The first-order chi connectivity index (χ1) is 5.72. The van der Waals surface area contributed by atoms with Crippen LogP contribution in [0.5, 0.6) is 0 Å². The molecule has 0 fully saturated rings. The topological polar surface area (TPSA) is 70.5 Å². The Hall–Kier alpha value is 0.528. The molecule has 1 atom stereocenters. The number of rotatable bonds is 5. The van der Waals surface area contributed by atoms with Crippen LogP contribution in [0.3, 0.4) is 0 Å². The van der Waals surface area contributed by atoms with E-state index in [1.165, 1.54) is 0 Å². The van der Waals surface area contributed by atoms with Gasteiger partial charge in [-0.1, -0.05) is 0 Å². The van der Waals surface area contributed by atoms with Crippen molar-refractivity contribution in [3.63, 3.8) is 0 Å². The van der Waals surface area contributed by atoms with Crippen LogP contribution in [0.1, 0.15) is 6.92 Å². The standard InChI is InChI=1S/C7H17NO2.H2N.Pt/c1-6(8)7(4-9-2)5-10-3;;/h6-7H,4-5,8H2,1-3H3;1H2;/q;-1;+1. The molecule has 4 nitrogen and oxygen atoms in total. The number of nitrogens with two attached hydrogens (primary N) is 2. The Labute approximate surface area is 86.2 Å². The minimum atomic E-state index is 0.139. The van der Waals surface area contributed by atoms with Crippen molar-refractivity contribution >= 4 is 0 Å². The monoisotopic (exact) mass is 358 g/mol. The summed E-state index contributed by atoms with van der Waals surface area (Å²) in [5.74, 6) is 0.315. The first-order valence-corrected chi connectivity index (χ1v) is 4.95. The Morgan fingerprint density at radius 3 is 1.67 bits per heavy atom. The van der Waals surface area contributed by atoms with Gasteiger partial charge in [-0.2, -0.15) is 0 Å². The fourth-order valence-electron chi connectivity index (χ4n) is 0.780. The normalized spacial score (nSPS) is 12.3. The molecule has 5 heteroatoms. The van der Waals surface area contributed by atoms with E-state index in [1.54, 1.807) is 34.3 Å². The number of ether oxygens (including phenoxy) is 2. The average Bonchev–Trinajstić information content (AvgIpc) is 2.08. The zero-order chi connectivity index (χ0) is 9.98. The molecular formula is C7H19N2O2Pt. The summed E-state index contributed by atoms with van der Waals surface area (Å²) in [6, 6.07) is 0.139. The molecule has 0 aliphatic heterocycles. The maximum absolute atomic E-state index is 5.65. The van der Waals surface area contributed by atoms with Crippen molar-refractivity contribution in [3.8, 4) is 0 Å². The molecule has 0 aromatic heterocycles. The third-order valence-corrected chi connectivity index (χ3v) is 1.51. The van der Waals surface area contributed by atoms with Crippen LogP contribution in [0.15, 0.2) is 0 Å². The van der Waals surface area contributed by atoms with Gasteiger partial charge in [-0.3, -0.25) is 0 Å². The third-order valence-electron chi connectivity index (χ3n) is 1.51. The van der Waals surface area contributed by atoms with Crippen LogP contribution in [0, 0.1) is 5.92 Å². The second kappa shape index (κ2) is 11.5. The minimum absolute atomic E-state index is 0.139. The maximum atomic E-state index is 5.65. The van der Waals surface area contributed by atoms with E-state index in [0.29, 0.717) is 19.1 Å². The predicted molar refractivity (Wildman–Crippen MR) is 45.1 cm³/mol. The van der Waals surface area contributed by atoms with E-state index in [0.717, 1.165) is 0 Å². The van der Waals surface area contributed by atoms with E-state index in [-0.39, 0.29) is 6.04 Å². The summed E-state index contributed by atoms with van der Waals surface area (Å²) >= 11 is 1.64. The predicted octanol–water partition coefficient (Wildman–Crippen LogP) is -0.350. The molecular weight excluding hydrogens is 339 g/mol. The fraction of sp³-hybridized carbons (Fsp3) is 1.00. The molecule has 12 heavy (non-hydrogen) atoms. The summed E-state index contributed by atoms with van der Waals surface area (Å²) in [7, 11) is 3.34. The molecule has 0 aromatic carbocycles. The summed E-state index contributed by atoms with van der Waals surface area (Å²) in [4.78, 5) is 0. The van der Waals surface area contributed by atoms with E-state index in [1.807, 2.05) is 6.92 Å². The second-order valence-electron chi connectivity index (χ2n) is 2.53. The summed E-state index contributed by atoms with van der Waals surface area (Å²) in [5.41, 5.74) is 5.65. The van der Waals surface area contributed by atoms with Crippen LogP contribution in [0.25, 0.3) is 0 Å². The molecule has 0 bridgehead atoms. The molecule has 1 unspecified atom stereocenters. The summed E-state index contributed by atoms with van der Waals surface area (Å²) in [5, 5.41) is 0. The summed E-state index contributed by atoms with van der Waals surface area (Å²) in [6.07, 6.45) is 0. The van der Waals surface area contributed by atoms with Crippen LogP contribution in [-0.4, -0.2) is 33.5 Å². The van der Waals surface area contributed by atoms with Crippen LogP contribution in [0.4, 0.5) is 0 Å². The Morgan fingerprint density at radius 1 is 1.17 bits per heavy atom. The van der Waals surface area contributed by atoms with Gasteiger partial charge in [-0.25, -0.2) is 0 Å². The van der Waals surface area contributed by atoms with E-state index < -0.39 is 0 Å². The Balaban J connectivity index is 0. The SMILES string of the molecule is COCC(COC)C(C)N.[NH2][Pt]. The van der Waals surface area contributed by atoms with Gasteiger partial charge in [0.2, 0.25) is 0 Å². The third kappa shape index (κ3) is 8.62. The molecule has 0 aliphatic carbocycles. The zero-order valence-corrected chi connectivity index (χ0v) is 10.1. The van der Waals surface area contributed by atoms with Gasteiger partial charge >= 0.3 is 24.4 Å². The van der Waals surface area contributed by atoms with Crippen molar-refractivity contribution in [2.45, 2.75) is 13.0 Å². The van der Waals surface area contributed by atoms with Crippen molar-refractivity contribution in [1.82, 2.24) is 0 Å². The molecule has 0 amide bonds. The van der Waals surface area contributed by atoms with Crippen molar-refractivity contribution in [2.75, 3.05) is 27.4 Å². The van der Waals surface area contributed by atoms with Crippen LogP contribution < -0.4 is 10.0 Å². The van der Waals surface area contributed by atoms with Crippen molar-refractivity contribution < 1.29 is 29.5 Å². The fourth-order valence-corrected chi connectivity index (χ4v) is 0.780. The van der Waals surface area contributed by atoms with Gasteiger partial charge in [-0.15, -0.1) is 0 Å². The quantitative estimate of drug-likeness (QED) is 0.705. The van der Waals surface area contributed by atoms with E-state index in [9.17, 15) is 0 Å². The zero-order valence-electron chi connectivity index (χ0n) is 7.86.